The quantitative estimate of drug-likeness (QED) is 0.854. The first-order valence-corrected chi connectivity index (χ1v) is 8.18. The highest BCUT2D eigenvalue weighted by Gasteiger charge is 2.29. The Balaban J connectivity index is 1.54. The second-order valence-corrected chi connectivity index (χ2v) is 6.21. The molecule has 0 spiro atoms. The lowest BCUT2D eigenvalue weighted by Gasteiger charge is -2.39. The van der Waals surface area contributed by atoms with Gasteiger partial charge in [0.1, 0.15) is 5.82 Å². The van der Waals surface area contributed by atoms with Crippen LogP contribution in [-0.2, 0) is 4.79 Å². The molecule has 1 atom stereocenters. The number of nitrogens with zero attached hydrogens (tertiary/aromatic N) is 3. The zero-order valence-corrected chi connectivity index (χ0v) is 13.2. The minimum atomic E-state index is -0.202. The van der Waals surface area contributed by atoms with E-state index in [-0.39, 0.29) is 17.8 Å². The van der Waals surface area contributed by atoms with Crippen molar-refractivity contribution in [3.05, 3.63) is 30.1 Å². The molecule has 120 valence electrons. The molecular formula is C17H24FN3O. The number of rotatable bonds is 3. The summed E-state index contributed by atoms with van der Waals surface area (Å²) in [6, 6.07) is 6.62. The van der Waals surface area contributed by atoms with Crippen LogP contribution in [0.15, 0.2) is 24.3 Å². The Kier molecular flexibility index (Phi) is 4.62. The third-order valence-corrected chi connectivity index (χ3v) is 4.83. The maximum absolute atomic E-state index is 13.0. The third-order valence-electron chi connectivity index (χ3n) is 4.83. The van der Waals surface area contributed by atoms with Gasteiger partial charge >= 0.3 is 0 Å². The number of carbonyl (C=O) groups excluding carboxylic acids is 1. The number of piperazine rings is 1. The van der Waals surface area contributed by atoms with Crippen LogP contribution in [0.1, 0.15) is 19.8 Å². The molecule has 2 saturated heterocycles. The van der Waals surface area contributed by atoms with Gasteiger partial charge in [0.15, 0.2) is 0 Å². The minimum absolute atomic E-state index is 0.0338. The lowest BCUT2D eigenvalue weighted by Crippen LogP contribution is -2.54. The normalized spacial score (nSPS) is 21.2. The summed E-state index contributed by atoms with van der Waals surface area (Å²) in [6.45, 7) is 7.36. The largest absolute Gasteiger partial charge is 0.369 e. The Morgan fingerprint density at radius 2 is 1.59 bits per heavy atom. The van der Waals surface area contributed by atoms with E-state index >= 15 is 0 Å². The van der Waals surface area contributed by atoms with E-state index in [9.17, 15) is 9.18 Å². The maximum Gasteiger partial charge on any atom is 0.239 e. The van der Waals surface area contributed by atoms with Crippen molar-refractivity contribution in [1.82, 2.24) is 9.80 Å². The molecule has 2 aliphatic heterocycles. The van der Waals surface area contributed by atoms with E-state index in [0.717, 1.165) is 57.8 Å². The summed E-state index contributed by atoms with van der Waals surface area (Å²) in [5.74, 6) is 0.0694. The van der Waals surface area contributed by atoms with Gasteiger partial charge in [0, 0.05) is 45.0 Å². The van der Waals surface area contributed by atoms with Gasteiger partial charge in [-0.05, 0) is 44.0 Å². The summed E-state index contributed by atoms with van der Waals surface area (Å²) >= 11 is 0. The van der Waals surface area contributed by atoms with Crippen molar-refractivity contribution in [3.63, 3.8) is 0 Å². The van der Waals surface area contributed by atoms with Crippen molar-refractivity contribution in [2.45, 2.75) is 25.8 Å². The van der Waals surface area contributed by atoms with E-state index in [1.165, 1.54) is 12.1 Å². The average molecular weight is 305 g/mol. The smallest absolute Gasteiger partial charge is 0.239 e. The molecule has 0 saturated carbocycles. The second-order valence-electron chi connectivity index (χ2n) is 6.21. The highest BCUT2D eigenvalue weighted by atomic mass is 19.1. The van der Waals surface area contributed by atoms with E-state index in [1.807, 2.05) is 24.0 Å². The molecule has 2 heterocycles. The fourth-order valence-corrected chi connectivity index (χ4v) is 3.38. The molecule has 22 heavy (non-hydrogen) atoms. The Bertz CT molecular complexity index is 505. The average Bonchev–Trinajstić information content (AvgIpc) is 3.09. The summed E-state index contributed by atoms with van der Waals surface area (Å²) in [7, 11) is 0. The molecule has 4 nitrogen and oxygen atoms in total. The lowest BCUT2D eigenvalue weighted by molar-refractivity contribution is -0.135. The van der Waals surface area contributed by atoms with Gasteiger partial charge in [-0.25, -0.2) is 4.39 Å². The maximum atomic E-state index is 13.0. The molecule has 1 aromatic carbocycles. The first-order chi connectivity index (χ1) is 10.6. The standard InChI is InChI=1S/C17H24FN3O/c1-14(17(22)21-8-2-3-9-21)19-10-12-20(13-11-19)16-6-4-15(18)5-7-16/h4-7,14H,2-3,8-13H2,1H3/t14-/m1/s1. The van der Waals surface area contributed by atoms with Crippen LogP contribution in [0.3, 0.4) is 0 Å². The summed E-state index contributed by atoms with van der Waals surface area (Å²) < 4.78 is 13.0. The molecule has 0 radical (unpaired) electrons. The van der Waals surface area contributed by atoms with Crippen LogP contribution in [-0.4, -0.2) is 61.0 Å². The van der Waals surface area contributed by atoms with Gasteiger partial charge in [0.2, 0.25) is 5.91 Å². The molecule has 2 aliphatic rings. The summed E-state index contributed by atoms with van der Waals surface area (Å²) in [6.07, 6.45) is 2.27. The van der Waals surface area contributed by atoms with Crippen molar-refractivity contribution in [3.8, 4) is 0 Å². The van der Waals surface area contributed by atoms with Gasteiger partial charge < -0.3 is 9.80 Å². The molecule has 1 amide bonds. The van der Waals surface area contributed by atoms with Crippen molar-refractivity contribution < 1.29 is 9.18 Å². The van der Waals surface area contributed by atoms with Gasteiger partial charge in [0.05, 0.1) is 6.04 Å². The molecule has 0 aliphatic carbocycles. The summed E-state index contributed by atoms with van der Waals surface area (Å²) in [5, 5.41) is 0. The van der Waals surface area contributed by atoms with Gasteiger partial charge in [-0.3, -0.25) is 9.69 Å². The molecule has 0 N–H and O–H groups in total. The summed E-state index contributed by atoms with van der Waals surface area (Å²) in [4.78, 5) is 19.0. The van der Waals surface area contributed by atoms with Crippen LogP contribution >= 0.6 is 0 Å². The molecule has 1 aromatic rings. The highest BCUT2D eigenvalue weighted by molar-refractivity contribution is 5.81. The predicted molar refractivity (Wildman–Crippen MR) is 85.5 cm³/mol. The second kappa shape index (κ2) is 6.65. The Morgan fingerprint density at radius 1 is 1.00 bits per heavy atom. The van der Waals surface area contributed by atoms with E-state index in [1.54, 1.807) is 0 Å². The van der Waals surface area contributed by atoms with E-state index in [2.05, 4.69) is 9.80 Å². The zero-order valence-electron chi connectivity index (χ0n) is 13.2. The van der Waals surface area contributed by atoms with Crippen LogP contribution in [0.5, 0.6) is 0 Å². The van der Waals surface area contributed by atoms with Gasteiger partial charge in [-0.2, -0.15) is 0 Å². The van der Waals surface area contributed by atoms with Crippen LogP contribution in [0.2, 0.25) is 0 Å². The molecular weight excluding hydrogens is 281 g/mol. The van der Waals surface area contributed by atoms with Gasteiger partial charge in [0.25, 0.3) is 0 Å². The van der Waals surface area contributed by atoms with Crippen molar-refractivity contribution in [2.24, 2.45) is 0 Å². The Hall–Kier alpha value is -1.62. The molecule has 2 fully saturated rings. The minimum Gasteiger partial charge on any atom is -0.369 e. The van der Waals surface area contributed by atoms with Crippen LogP contribution in [0.4, 0.5) is 10.1 Å². The molecule has 5 heteroatoms. The third kappa shape index (κ3) is 3.24. The number of hydrogen-bond donors (Lipinski definition) is 0. The Labute approximate surface area is 131 Å². The number of amides is 1. The van der Waals surface area contributed by atoms with Crippen molar-refractivity contribution in [1.29, 1.82) is 0 Å². The molecule has 0 unspecified atom stereocenters. The number of hydrogen-bond acceptors (Lipinski definition) is 3. The van der Waals surface area contributed by atoms with E-state index < -0.39 is 0 Å². The van der Waals surface area contributed by atoms with Crippen LogP contribution in [0.25, 0.3) is 0 Å². The number of halogens is 1. The van der Waals surface area contributed by atoms with Crippen LogP contribution in [0, 0.1) is 5.82 Å². The number of likely N-dealkylation sites (tertiary alicyclic amines) is 1. The fraction of sp³-hybridized carbons (Fsp3) is 0.588. The number of benzene rings is 1. The fourth-order valence-electron chi connectivity index (χ4n) is 3.38. The van der Waals surface area contributed by atoms with Gasteiger partial charge in [-0.15, -0.1) is 0 Å². The molecule has 0 aromatic heterocycles. The number of carbonyl (C=O) groups is 1. The highest BCUT2D eigenvalue weighted by Crippen LogP contribution is 2.19. The predicted octanol–water partition coefficient (Wildman–Crippen LogP) is 1.96. The van der Waals surface area contributed by atoms with Crippen LogP contribution < -0.4 is 4.90 Å². The lowest BCUT2D eigenvalue weighted by atomic mass is 10.2. The zero-order chi connectivity index (χ0) is 15.5. The number of anilines is 1. The first kappa shape index (κ1) is 15.3. The van der Waals surface area contributed by atoms with Crippen molar-refractivity contribution >= 4 is 11.6 Å². The van der Waals surface area contributed by atoms with Gasteiger partial charge in [-0.1, -0.05) is 0 Å². The molecule has 3 rings (SSSR count). The SMILES string of the molecule is C[C@H](C(=O)N1CCCC1)N1CCN(c2ccc(F)cc2)CC1. The molecule has 0 bridgehead atoms. The van der Waals surface area contributed by atoms with E-state index in [4.69, 9.17) is 0 Å². The first-order valence-electron chi connectivity index (χ1n) is 8.18. The monoisotopic (exact) mass is 305 g/mol. The van der Waals surface area contributed by atoms with E-state index in [0.29, 0.717) is 0 Å². The Morgan fingerprint density at radius 3 is 2.18 bits per heavy atom. The van der Waals surface area contributed by atoms with Crippen molar-refractivity contribution in [2.75, 3.05) is 44.2 Å². The summed E-state index contributed by atoms with van der Waals surface area (Å²) in [5.41, 5.74) is 1.06. The topological polar surface area (TPSA) is 26.8 Å².